The van der Waals surface area contributed by atoms with Crippen molar-refractivity contribution < 1.29 is 19.7 Å². The fourth-order valence-corrected chi connectivity index (χ4v) is 1.81. The molecular formula is C16H35NaO4. The van der Waals surface area contributed by atoms with Gasteiger partial charge in [0.15, 0.2) is 0 Å². The number of carbonyl (C=O) groups is 1. The van der Waals surface area contributed by atoms with Gasteiger partial charge in [-0.15, -0.1) is 0 Å². The third kappa shape index (κ3) is 33.3. The van der Waals surface area contributed by atoms with Crippen LogP contribution in [0.1, 0.15) is 78.1 Å². The number of esters is 1. The molecule has 0 bridgehead atoms. The number of aliphatic hydroxyl groups excluding tert-OH is 2. The van der Waals surface area contributed by atoms with Crippen molar-refractivity contribution in [3.05, 3.63) is 0 Å². The molecule has 2 N–H and O–H groups in total. The van der Waals surface area contributed by atoms with Crippen LogP contribution in [0.3, 0.4) is 0 Å². The topological polar surface area (TPSA) is 66.8 Å². The maximum atomic E-state index is 10.5. The van der Waals surface area contributed by atoms with Gasteiger partial charge in [0.25, 0.3) is 0 Å². The fourth-order valence-electron chi connectivity index (χ4n) is 1.81. The summed E-state index contributed by atoms with van der Waals surface area (Å²) in [5.41, 5.74) is 0. The van der Waals surface area contributed by atoms with E-state index in [-0.39, 0.29) is 48.7 Å². The Hall–Kier alpha value is 0.390. The molecule has 0 aromatic carbocycles. The molecule has 4 nitrogen and oxygen atoms in total. The van der Waals surface area contributed by atoms with E-state index >= 15 is 0 Å². The van der Waals surface area contributed by atoms with Crippen molar-refractivity contribution in [3.8, 4) is 0 Å². The summed E-state index contributed by atoms with van der Waals surface area (Å²) in [7, 11) is 0. The molecule has 124 valence electrons. The van der Waals surface area contributed by atoms with Crippen molar-refractivity contribution >= 4 is 35.5 Å². The van der Waals surface area contributed by atoms with E-state index < -0.39 is 0 Å². The van der Waals surface area contributed by atoms with Crippen LogP contribution in [0.2, 0.25) is 0 Å². The Morgan fingerprint density at radius 3 is 1.52 bits per heavy atom. The molecule has 0 spiro atoms. The van der Waals surface area contributed by atoms with Crippen LogP contribution in [0, 0.1) is 0 Å². The molecule has 0 rings (SSSR count). The molecule has 0 saturated carbocycles. The van der Waals surface area contributed by atoms with Gasteiger partial charge in [-0.2, -0.15) is 0 Å². The van der Waals surface area contributed by atoms with Gasteiger partial charge in [-0.1, -0.05) is 64.7 Å². The summed E-state index contributed by atoms with van der Waals surface area (Å²) in [6.45, 7) is 4.07. The molecule has 0 saturated heterocycles. The first kappa shape index (κ1) is 26.3. The van der Waals surface area contributed by atoms with Crippen LogP contribution in [0.5, 0.6) is 0 Å². The summed E-state index contributed by atoms with van der Waals surface area (Å²) in [6, 6.07) is 0. The summed E-state index contributed by atoms with van der Waals surface area (Å²) in [5, 5.41) is 15.2. The minimum absolute atomic E-state index is 0. The summed E-state index contributed by atoms with van der Waals surface area (Å²) in [5.74, 6) is -0.157. The summed E-state index contributed by atoms with van der Waals surface area (Å²) in [6.07, 6.45) is 13.1. The Morgan fingerprint density at radius 1 is 0.810 bits per heavy atom. The van der Waals surface area contributed by atoms with Gasteiger partial charge in [0.2, 0.25) is 0 Å². The third-order valence-electron chi connectivity index (χ3n) is 2.90. The Labute approximate surface area is 152 Å². The zero-order valence-corrected chi connectivity index (χ0v) is 13.4. The average molecular weight is 314 g/mol. The van der Waals surface area contributed by atoms with Gasteiger partial charge in [0.05, 0.1) is 19.8 Å². The van der Waals surface area contributed by atoms with Crippen LogP contribution in [-0.4, -0.2) is 65.6 Å². The first-order valence-electron chi connectivity index (χ1n) is 8.04. The van der Waals surface area contributed by atoms with Gasteiger partial charge in [0.1, 0.15) is 0 Å². The van der Waals surface area contributed by atoms with E-state index in [4.69, 9.17) is 14.9 Å². The number of hydrogen-bond acceptors (Lipinski definition) is 4. The zero-order chi connectivity index (χ0) is 15.5. The standard InChI is InChI=1S/C14H28O2.C2H6O2.Na.H/c1-3-4-5-6-7-8-9-10-11-12-13-16-14(2)15;3-1-2-4;;/h3-13H2,1-2H3;3-4H,1-2H2;;. The predicted molar refractivity (Wildman–Crippen MR) is 89.8 cm³/mol. The predicted octanol–water partition coefficient (Wildman–Crippen LogP) is 2.79. The van der Waals surface area contributed by atoms with Crippen molar-refractivity contribution in [1.82, 2.24) is 0 Å². The molecule has 0 aliphatic rings. The van der Waals surface area contributed by atoms with Gasteiger partial charge in [-0.25, -0.2) is 0 Å². The number of aliphatic hydroxyl groups is 2. The van der Waals surface area contributed by atoms with E-state index in [2.05, 4.69) is 6.92 Å². The molecule has 0 aliphatic carbocycles. The second kappa shape index (κ2) is 25.3. The van der Waals surface area contributed by atoms with Gasteiger partial charge in [-0.3, -0.25) is 4.79 Å². The molecule has 0 unspecified atom stereocenters. The molecule has 0 aliphatic heterocycles. The Morgan fingerprint density at radius 2 is 1.19 bits per heavy atom. The fraction of sp³-hybridized carbons (Fsp3) is 0.938. The van der Waals surface area contributed by atoms with Crippen LogP contribution in [0.4, 0.5) is 0 Å². The molecule has 0 radical (unpaired) electrons. The van der Waals surface area contributed by atoms with Gasteiger partial charge in [-0.05, 0) is 6.42 Å². The zero-order valence-electron chi connectivity index (χ0n) is 13.4. The summed E-state index contributed by atoms with van der Waals surface area (Å²) < 4.78 is 4.87. The third-order valence-corrected chi connectivity index (χ3v) is 2.90. The average Bonchev–Trinajstić information content (AvgIpc) is 2.44. The van der Waals surface area contributed by atoms with E-state index in [0.29, 0.717) is 6.61 Å². The molecule has 0 fully saturated rings. The van der Waals surface area contributed by atoms with E-state index in [1.807, 2.05) is 0 Å². The summed E-state index contributed by atoms with van der Waals surface area (Å²) >= 11 is 0. The second-order valence-corrected chi connectivity index (χ2v) is 4.97. The first-order chi connectivity index (χ1) is 9.68. The van der Waals surface area contributed by atoms with E-state index in [0.717, 1.165) is 6.42 Å². The molecule has 21 heavy (non-hydrogen) atoms. The number of hydrogen-bond donors (Lipinski definition) is 2. The monoisotopic (exact) mass is 314 g/mol. The van der Waals surface area contributed by atoms with Crippen LogP contribution in [-0.2, 0) is 9.53 Å². The maximum absolute atomic E-state index is 10.5. The number of ether oxygens (including phenoxy) is 1. The van der Waals surface area contributed by atoms with Gasteiger partial charge >= 0.3 is 35.5 Å². The van der Waals surface area contributed by atoms with E-state index in [1.54, 1.807) is 0 Å². The van der Waals surface area contributed by atoms with E-state index in [9.17, 15) is 4.79 Å². The number of unbranched alkanes of at least 4 members (excludes halogenated alkanes) is 9. The SMILES string of the molecule is CCCCCCCCCCCCOC(C)=O.OCCO.[NaH]. The van der Waals surface area contributed by atoms with Crippen molar-refractivity contribution in [2.75, 3.05) is 19.8 Å². The molecule has 0 amide bonds. The van der Waals surface area contributed by atoms with Gasteiger partial charge < -0.3 is 14.9 Å². The number of carbonyl (C=O) groups excluding carboxylic acids is 1. The van der Waals surface area contributed by atoms with Crippen LogP contribution in [0.15, 0.2) is 0 Å². The second-order valence-electron chi connectivity index (χ2n) is 4.97. The van der Waals surface area contributed by atoms with Gasteiger partial charge in [0, 0.05) is 6.92 Å². The van der Waals surface area contributed by atoms with Crippen molar-refractivity contribution in [1.29, 1.82) is 0 Å². The van der Waals surface area contributed by atoms with Crippen molar-refractivity contribution in [2.24, 2.45) is 0 Å². The van der Waals surface area contributed by atoms with Crippen LogP contribution >= 0.6 is 0 Å². The summed E-state index contributed by atoms with van der Waals surface area (Å²) in [4.78, 5) is 10.5. The normalized spacial score (nSPS) is 9.33. The minimum atomic E-state index is -0.157. The molecule has 0 aromatic heterocycles. The molecule has 0 heterocycles. The molecule has 0 atom stereocenters. The van der Waals surface area contributed by atoms with Crippen LogP contribution in [0.25, 0.3) is 0 Å². The Bertz CT molecular complexity index is 187. The molecular weight excluding hydrogens is 279 g/mol. The van der Waals surface area contributed by atoms with E-state index in [1.165, 1.54) is 64.7 Å². The Balaban J connectivity index is -0.000000572. The quantitative estimate of drug-likeness (QED) is 0.330. The van der Waals surface area contributed by atoms with Crippen LogP contribution < -0.4 is 0 Å². The Kier molecular flexibility index (Phi) is 31.7. The molecule has 0 aromatic rings. The van der Waals surface area contributed by atoms with Crippen molar-refractivity contribution in [3.63, 3.8) is 0 Å². The number of rotatable bonds is 12. The molecule has 5 heteroatoms. The first-order valence-corrected chi connectivity index (χ1v) is 8.04. The van der Waals surface area contributed by atoms with Crippen molar-refractivity contribution in [2.45, 2.75) is 78.1 Å².